The molecule has 2 heterocycles. The number of aryl methyl sites for hydroxylation is 1. The molecule has 1 aromatic heterocycles. The van der Waals surface area contributed by atoms with E-state index in [0.717, 1.165) is 12.0 Å². The second-order valence-electron chi connectivity index (χ2n) is 8.88. The second-order valence-corrected chi connectivity index (χ2v) is 8.88. The summed E-state index contributed by atoms with van der Waals surface area (Å²) in [5, 5.41) is 4.88. The third-order valence-electron chi connectivity index (χ3n) is 6.32. The van der Waals surface area contributed by atoms with Crippen molar-refractivity contribution in [1.29, 1.82) is 0 Å². The number of piperidine rings is 1. The molecule has 31 heavy (non-hydrogen) atoms. The van der Waals surface area contributed by atoms with Gasteiger partial charge in [-0.3, -0.25) is 19.1 Å². The first kappa shape index (κ1) is 21.2. The van der Waals surface area contributed by atoms with E-state index in [1.54, 1.807) is 24.8 Å². The van der Waals surface area contributed by atoms with Crippen molar-refractivity contribution in [2.24, 2.45) is 11.7 Å². The number of ketones is 1. The van der Waals surface area contributed by atoms with Crippen LogP contribution in [-0.2, 0) is 16.1 Å². The number of rotatable bonds is 7. The number of allylic oxidation sites excluding steroid dienone is 2. The van der Waals surface area contributed by atoms with Gasteiger partial charge in [-0.05, 0) is 56.7 Å². The van der Waals surface area contributed by atoms with Crippen LogP contribution in [0, 0.1) is 12.8 Å². The molecule has 2 fully saturated rings. The first-order valence-electron chi connectivity index (χ1n) is 10.6. The Morgan fingerprint density at radius 2 is 1.94 bits per heavy atom. The summed E-state index contributed by atoms with van der Waals surface area (Å²) in [6.45, 7) is 5.19. The van der Waals surface area contributed by atoms with E-state index in [1.165, 1.54) is 4.68 Å². The molecule has 2 N–H and O–H groups in total. The molecule has 7 nitrogen and oxygen atoms in total. The van der Waals surface area contributed by atoms with Gasteiger partial charge in [-0.25, -0.2) is 4.39 Å². The summed E-state index contributed by atoms with van der Waals surface area (Å²) in [4.78, 5) is 39.5. The molecule has 0 bridgehead atoms. The zero-order valence-corrected chi connectivity index (χ0v) is 18.0. The number of halogens is 1. The number of amides is 2. The van der Waals surface area contributed by atoms with E-state index < -0.39 is 11.9 Å². The van der Waals surface area contributed by atoms with E-state index in [2.05, 4.69) is 5.10 Å². The van der Waals surface area contributed by atoms with Gasteiger partial charge in [-0.15, -0.1) is 0 Å². The van der Waals surface area contributed by atoms with E-state index in [4.69, 9.17) is 5.73 Å². The van der Waals surface area contributed by atoms with E-state index in [9.17, 15) is 18.8 Å². The van der Waals surface area contributed by atoms with Crippen LogP contribution in [0.3, 0.4) is 0 Å². The van der Waals surface area contributed by atoms with Crippen LogP contribution in [0.2, 0.25) is 0 Å². The van der Waals surface area contributed by atoms with Gasteiger partial charge in [-0.2, -0.15) is 5.10 Å². The minimum atomic E-state index is -0.655. The zero-order valence-electron chi connectivity index (χ0n) is 18.0. The summed E-state index contributed by atoms with van der Waals surface area (Å²) in [6.07, 6.45) is 1.68. The van der Waals surface area contributed by atoms with Crippen LogP contribution in [0.4, 0.5) is 4.39 Å². The maximum atomic E-state index is 13.8. The predicted molar refractivity (Wildman–Crippen MR) is 114 cm³/mol. The van der Waals surface area contributed by atoms with Gasteiger partial charge < -0.3 is 10.6 Å². The van der Waals surface area contributed by atoms with Gasteiger partial charge in [0.25, 0.3) is 5.91 Å². The topological polar surface area (TPSA) is 98.3 Å². The Morgan fingerprint density at radius 1 is 1.19 bits per heavy atom. The molecule has 0 unspecified atom stereocenters. The van der Waals surface area contributed by atoms with E-state index in [1.807, 2.05) is 19.1 Å². The Hall–Kier alpha value is -3.03. The number of likely N-dealkylation sites (tertiary alicyclic amines) is 1. The Morgan fingerprint density at radius 3 is 2.61 bits per heavy atom. The molecule has 1 aromatic carbocycles. The molecule has 0 radical (unpaired) electrons. The average Bonchev–Trinajstić information content (AvgIpc) is 3.23. The van der Waals surface area contributed by atoms with Crippen LogP contribution in [0.25, 0.3) is 10.9 Å². The lowest BCUT2D eigenvalue weighted by atomic mass is 10.0. The van der Waals surface area contributed by atoms with Crippen molar-refractivity contribution in [2.75, 3.05) is 0 Å². The molecule has 0 spiro atoms. The first-order chi connectivity index (χ1) is 14.7. The highest BCUT2D eigenvalue weighted by atomic mass is 19.1. The van der Waals surface area contributed by atoms with Crippen LogP contribution in [-0.4, -0.2) is 44.4 Å². The molecule has 4 rings (SSSR count). The van der Waals surface area contributed by atoms with Crippen molar-refractivity contribution >= 4 is 28.5 Å². The SMILES string of the molecule is CC(C)=C(F)CCC(=O)[C@@H]1C[C@H]2C[C@H]2N1C(=O)Cn1nc(C(N)=O)c2ccc(C)cc21. The van der Waals surface area contributed by atoms with Gasteiger partial charge in [0.05, 0.1) is 17.4 Å². The van der Waals surface area contributed by atoms with Crippen molar-refractivity contribution in [1.82, 2.24) is 14.7 Å². The standard InChI is InChI=1S/C23H27FN4O3/c1-12(2)16(24)6-7-20(29)19-10-14-9-17(14)28(19)21(30)11-27-18-8-13(3)4-5-15(18)22(26-27)23(25)31/h4-5,8,14,17,19H,6-7,9-11H2,1-3H3,(H2,25,31)/t14-,17-,19+/m1/s1. The highest BCUT2D eigenvalue weighted by molar-refractivity contribution is 6.04. The first-order valence-corrected chi connectivity index (χ1v) is 10.6. The highest BCUT2D eigenvalue weighted by Gasteiger charge is 2.55. The maximum Gasteiger partial charge on any atom is 0.269 e. The molecule has 2 aliphatic rings. The molecule has 3 atom stereocenters. The fourth-order valence-corrected chi connectivity index (χ4v) is 4.55. The summed E-state index contributed by atoms with van der Waals surface area (Å²) in [6, 6.07) is 5.04. The van der Waals surface area contributed by atoms with Crippen LogP contribution in [0.15, 0.2) is 29.6 Å². The van der Waals surface area contributed by atoms with Crippen molar-refractivity contribution in [3.63, 3.8) is 0 Å². The minimum absolute atomic E-state index is 0.0638. The fourth-order valence-electron chi connectivity index (χ4n) is 4.55. The summed E-state index contributed by atoms with van der Waals surface area (Å²) < 4.78 is 15.3. The normalized spacial score (nSPS) is 21.8. The number of carbonyl (C=O) groups excluding carboxylic acids is 3. The van der Waals surface area contributed by atoms with Gasteiger partial charge in [0, 0.05) is 24.3 Å². The van der Waals surface area contributed by atoms with Crippen LogP contribution >= 0.6 is 0 Å². The molecule has 1 saturated heterocycles. The molecule has 2 amide bonds. The molecule has 1 aliphatic heterocycles. The summed E-state index contributed by atoms with van der Waals surface area (Å²) in [5.41, 5.74) is 7.78. The largest absolute Gasteiger partial charge is 0.364 e. The average molecular weight is 426 g/mol. The van der Waals surface area contributed by atoms with Gasteiger partial charge in [0.1, 0.15) is 6.54 Å². The number of fused-ring (bicyclic) bond motifs is 2. The zero-order chi connectivity index (χ0) is 22.4. The van der Waals surface area contributed by atoms with Gasteiger partial charge in [0.15, 0.2) is 11.5 Å². The van der Waals surface area contributed by atoms with E-state index in [0.29, 0.717) is 28.8 Å². The van der Waals surface area contributed by atoms with Gasteiger partial charge >= 0.3 is 0 Å². The van der Waals surface area contributed by atoms with Crippen LogP contribution in [0.5, 0.6) is 0 Å². The van der Waals surface area contributed by atoms with Crippen molar-refractivity contribution in [2.45, 2.75) is 65.1 Å². The number of hydrogen-bond acceptors (Lipinski definition) is 4. The lowest BCUT2D eigenvalue weighted by Gasteiger charge is -2.27. The molecular weight excluding hydrogens is 399 g/mol. The number of nitrogens with two attached hydrogens (primary N) is 1. The molecule has 2 aromatic rings. The predicted octanol–water partition coefficient (Wildman–Crippen LogP) is 3.05. The van der Waals surface area contributed by atoms with Crippen molar-refractivity contribution in [3.05, 3.63) is 40.9 Å². The highest BCUT2D eigenvalue weighted by Crippen LogP contribution is 2.48. The van der Waals surface area contributed by atoms with Crippen molar-refractivity contribution in [3.8, 4) is 0 Å². The second kappa shape index (κ2) is 7.90. The van der Waals surface area contributed by atoms with E-state index in [-0.39, 0.29) is 48.6 Å². The maximum absolute atomic E-state index is 13.8. The monoisotopic (exact) mass is 426 g/mol. The summed E-state index contributed by atoms with van der Waals surface area (Å²) in [5.74, 6) is -0.905. The molecular formula is C23H27FN4O3. The number of hydrogen-bond donors (Lipinski definition) is 1. The lowest BCUT2D eigenvalue weighted by molar-refractivity contribution is -0.139. The van der Waals surface area contributed by atoms with Gasteiger partial charge in [0.2, 0.25) is 5.91 Å². The molecule has 164 valence electrons. The van der Waals surface area contributed by atoms with Gasteiger partial charge in [-0.1, -0.05) is 12.1 Å². The molecule has 1 aliphatic carbocycles. The number of aromatic nitrogens is 2. The Balaban J connectivity index is 1.55. The molecule has 1 saturated carbocycles. The lowest BCUT2D eigenvalue weighted by Crippen LogP contribution is -2.44. The van der Waals surface area contributed by atoms with Crippen LogP contribution < -0.4 is 5.73 Å². The third-order valence-corrected chi connectivity index (χ3v) is 6.32. The number of benzene rings is 1. The minimum Gasteiger partial charge on any atom is -0.364 e. The fraction of sp³-hybridized carbons (Fsp3) is 0.478. The van der Waals surface area contributed by atoms with Crippen molar-refractivity contribution < 1.29 is 18.8 Å². The Bertz CT molecular complexity index is 1120. The quantitative estimate of drug-likeness (QED) is 0.736. The van der Waals surface area contributed by atoms with E-state index >= 15 is 0 Å². The number of carbonyl (C=O) groups is 3. The Labute approximate surface area is 180 Å². The smallest absolute Gasteiger partial charge is 0.269 e. The molecule has 8 heteroatoms. The Kier molecular flexibility index (Phi) is 5.41. The number of nitrogens with zero attached hydrogens (tertiary/aromatic N) is 3. The third kappa shape index (κ3) is 3.98. The summed E-state index contributed by atoms with van der Waals surface area (Å²) in [7, 11) is 0. The number of primary amides is 1. The summed E-state index contributed by atoms with van der Waals surface area (Å²) >= 11 is 0. The number of Topliss-reactive ketones (excluding diaryl/α,β-unsaturated/α-hetero) is 1. The van der Waals surface area contributed by atoms with Crippen LogP contribution in [0.1, 0.15) is 55.6 Å².